The first-order valence-electron chi connectivity index (χ1n) is 7.39. The summed E-state index contributed by atoms with van der Waals surface area (Å²) in [6.07, 6.45) is 6.09. The molecule has 4 nitrogen and oxygen atoms in total. The van der Waals surface area contributed by atoms with Gasteiger partial charge < -0.3 is 4.74 Å². The lowest BCUT2D eigenvalue weighted by Gasteiger charge is -2.40. The quantitative estimate of drug-likeness (QED) is 0.826. The lowest BCUT2D eigenvalue weighted by molar-refractivity contribution is -0.0989. The van der Waals surface area contributed by atoms with Crippen LogP contribution in [0.5, 0.6) is 0 Å². The fourth-order valence-corrected chi connectivity index (χ4v) is 3.30. The third-order valence-electron chi connectivity index (χ3n) is 4.32. The fourth-order valence-electron chi connectivity index (χ4n) is 3.02. The van der Waals surface area contributed by atoms with Gasteiger partial charge in [-0.2, -0.15) is 0 Å². The van der Waals surface area contributed by atoms with E-state index < -0.39 is 0 Å². The van der Waals surface area contributed by atoms with Gasteiger partial charge in [0.2, 0.25) is 5.28 Å². The van der Waals surface area contributed by atoms with Gasteiger partial charge in [0.25, 0.3) is 0 Å². The number of aryl methyl sites for hydroxylation is 1. The summed E-state index contributed by atoms with van der Waals surface area (Å²) in [6.45, 7) is 7.35. The highest BCUT2D eigenvalue weighted by molar-refractivity contribution is 6.28. The second-order valence-corrected chi connectivity index (χ2v) is 5.73. The number of aromatic nitrogens is 3. The van der Waals surface area contributed by atoms with E-state index in [-0.39, 0.29) is 5.60 Å². The number of nitrogens with zero attached hydrogens (tertiary/aromatic N) is 3. The lowest BCUT2D eigenvalue weighted by Crippen LogP contribution is -2.39. The molecule has 0 bridgehead atoms. The number of rotatable bonds is 5. The van der Waals surface area contributed by atoms with E-state index in [0.717, 1.165) is 51.0 Å². The van der Waals surface area contributed by atoms with Gasteiger partial charge in [0.15, 0.2) is 0 Å². The maximum absolute atomic E-state index is 6.24. The molecule has 1 aliphatic rings. The summed E-state index contributed by atoms with van der Waals surface area (Å²) >= 11 is 6.24. The second kappa shape index (κ2) is 6.23. The maximum Gasteiger partial charge on any atom is 0.225 e. The smallest absolute Gasteiger partial charge is 0.225 e. The fraction of sp³-hybridized carbons (Fsp3) is 0.857. The zero-order valence-electron chi connectivity index (χ0n) is 12.2. The molecule has 1 fully saturated rings. The molecule has 2 heterocycles. The van der Waals surface area contributed by atoms with Crippen LogP contribution in [0.2, 0.25) is 5.28 Å². The van der Waals surface area contributed by atoms with Crippen molar-refractivity contribution in [1.82, 2.24) is 14.8 Å². The van der Waals surface area contributed by atoms with Crippen LogP contribution in [0.25, 0.3) is 0 Å². The highest BCUT2D eigenvalue weighted by Gasteiger charge is 2.36. The third-order valence-corrected chi connectivity index (χ3v) is 4.58. The molecule has 1 saturated heterocycles. The number of halogens is 1. The minimum absolute atomic E-state index is 0.000000197. The van der Waals surface area contributed by atoms with Crippen LogP contribution in [-0.4, -0.2) is 27.0 Å². The van der Waals surface area contributed by atoms with Crippen LogP contribution in [0.4, 0.5) is 0 Å². The van der Waals surface area contributed by atoms with Gasteiger partial charge in [-0.15, -0.1) is 10.2 Å². The average molecular weight is 286 g/mol. The standard InChI is InChI=1S/C14H24ClN3O/c1-4-7-12-16-17-13(15)18(12)11-8-9-19-14(5-2,6-3)10-11/h11H,4-10H2,1-3H3. The van der Waals surface area contributed by atoms with Gasteiger partial charge in [-0.1, -0.05) is 20.8 Å². The van der Waals surface area contributed by atoms with Crippen molar-refractivity contribution in [1.29, 1.82) is 0 Å². The zero-order chi connectivity index (χ0) is 13.9. The summed E-state index contributed by atoms with van der Waals surface area (Å²) in [7, 11) is 0. The van der Waals surface area contributed by atoms with Crippen LogP contribution < -0.4 is 0 Å². The molecule has 108 valence electrons. The molecule has 5 heteroatoms. The van der Waals surface area contributed by atoms with E-state index in [2.05, 4.69) is 35.5 Å². The Morgan fingerprint density at radius 3 is 2.68 bits per heavy atom. The summed E-state index contributed by atoms with van der Waals surface area (Å²) in [6, 6.07) is 0.373. The summed E-state index contributed by atoms with van der Waals surface area (Å²) < 4.78 is 8.17. The minimum Gasteiger partial charge on any atom is -0.375 e. The summed E-state index contributed by atoms with van der Waals surface area (Å²) in [5.41, 5.74) is 0.000000197. The SMILES string of the molecule is CCCc1nnc(Cl)n1C1CCOC(CC)(CC)C1. The van der Waals surface area contributed by atoms with Crippen molar-refractivity contribution in [3.8, 4) is 0 Å². The molecule has 0 aromatic carbocycles. The molecule has 1 atom stereocenters. The van der Waals surface area contributed by atoms with E-state index in [4.69, 9.17) is 16.3 Å². The molecule has 0 aliphatic carbocycles. The minimum atomic E-state index is 0.000000197. The Balaban J connectivity index is 2.24. The Morgan fingerprint density at radius 1 is 1.32 bits per heavy atom. The van der Waals surface area contributed by atoms with Crippen LogP contribution in [0.15, 0.2) is 0 Å². The van der Waals surface area contributed by atoms with Gasteiger partial charge in [-0.05, 0) is 43.7 Å². The molecule has 0 amide bonds. The average Bonchev–Trinajstić information content (AvgIpc) is 2.80. The predicted molar refractivity (Wildman–Crippen MR) is 76.6 cm³/mol. The molecular formula is C14H24ClN3O. The number of hydrogen-bond donors (Lipinski definition) is 0. The van der Waals surface area contributed by atoms with E-state index in [1.165, 1.54) is 0 Å². The highest BCUT2D eigenvalue weighted by Crippen LogP contribution is 2.38. The number of ether oxygens (including phenoxy) is 1. The van der Waals surface area contributed by atoms with E-state index in [1.54, 1.807) is 0 Å². The van der Waals surface area contributed by atoms with Gasteiger partial charge in [-0.3, -0.25) is 4.57 Å². The van der Waals surface area contributed by atoms with Gasteiger partial charge >= 0.3 is 0 Å². The van der Waals surface area contributed by atoms with Crippen molar-refractivity contribution in [2.24, 2.45) is 0 Å². The molecule has 1 aliphatic heterocycles. The molecule has 19 heavy (non-hydrogen) atoms. The molecule has 2 rings (SSSR count). The van der Waals surface area contributed by atoms with Crippen molar-refractivity contribution < 1.29 is 4.74 Å². The zero-order valence-corrected chi connectivity index (χ0v) is 12.9. The first-order chi connectivity index (χ1) is 9.15. The summed E-state index contributed by atoms with van der Waals surface area (Å²) in [5, 5.41) is 8.79. The molecular weight excluding hydrogens is 262 g/mol. The van der Waals surface area contributed by atoms with Crippen molar-refractivity contribution in [3.63, 3.8) is 0 Å². The molecule has 1 aromatic rings. The number of hydrogen-bond acceptors (Lipinski definition) is 3. The second-order valence-electron chi connectivity index (χ2n) is 5.39. The van der Waals surface area contributed by atoms with Crippen molar-refractivity contribution >= 4 is 11.6 Å². The Morgan fingerprint density at radius 2 is 2.05 bits per heavy atom. The van der Waals surface area contributed by atoms with Crippen LogP contribution in [-0.2, 0) is 11.2 Å². The monoisotopic (exact) mass is 285 g/mol. The topological polar surface area (TPSA) is 39.9 Å². The molecule has 1 unspecified atom stereocenters. The molecule has 0 radical (unpaired) electrons. The van der Waals surface area contributed by atoms with E-state index in [9.17, 15) is 0 Å². The van der Waals surface area contributed by atoms with Crippen molar-refractivity contribution in [3.05, 3.63) is 11.1 Å². The van der Waals surface area contributed by atoms with E-state index in [1.807, 2.05) is 0 Å². The maximum atomic E-state index is 6.24. The molecule has 0 saturated carbocycles. The molecule has 0 N–H and O–H groups in total. The van der Waals surface area contributed by atoms with Gasteiger partial charge in [0.1, 0.15) is 5.82 Å². The first kappa shape index (κ1) is 14.8. The van der Waals surface area contributed by atoms with Crippen LogP contribution in [0, 0.1) is 0 Å². The normalized spacial score (nSPS) is 22.6. The summed E-state index contributed by atoms with van der Waals surface area (Å²) in [4.78, 5) is 0. The van der Waals surface area contributed by atoms with Crippen molar-refractivity contribution in [2.45, 2.75) is 70.9 Å². The third kappa shape index (κ3) is 2.95. The first-order valence-corrected chi connectivity index (χ1v) is 7.76. The highest BCUT2D eigenvalue weighted by atomic mass is 35.5. The van der Waals surface area contributed by atoms with E-state index in [0.29, 0.717) is 11.3 Å². The van der Waals surface area contributed by atoms with Crippen LogP contribution in [0.3, 0.4) is 0 Å². The van der Waals surface area contributed by atoms with Gasteiger partial charge in [0, 0.05) is 19.1 Å². The Labute approximate surface area is 120 Å². The van der Waals surface area contributed by atoms with Crippen LogP contribution in [0.1, 0.15) is 64.7 Å². The van der Waals surface area contributed by atoms with E-state index >= 15 is 0 Å². The lowest BCUT2D eigenvalue weighted by atomic mass is 9.85. The van der Waals surface area contributed by atoms with Crippen molar-refractivity contribution in [2.75, 3.05) is 6.61 Å². The Kier molecular flexibility index (Phi) is 4.85. The molecule has 1 aromatic heterocycles. The Hall–Kier alpha value is -0.610. The van der Waals surface area contributed by atoms with Crippen LogP contribution >= 0.6 is 11.6 Å². The molecule has 0 spiro atoms. The summed E-state index contributed by atoms with van der Waals surface area (Å²) in [5.74, 6) is 1.01. The largest absolute Gasteiger partial charge is 0.375 e. The van der Waals surface area contributed by atoms with Gasteiger partial charge in [0.05, 0.1) is 5.60 Å². The Bertz CT molecular complexity index is 415. The predicted octanol–water partition coefficient (Wildman–Crippen LogP) is 3.79. The van der Waals surface area contributed by atoms with Gasteiger partial charge in [-0.25, -0.2) is 0 Å².